The average molecular weight is 443 g/mol. The van der Waals surface area contributed by atoms with Crippen molar-refractivity contribution in [1.82, 2.24) is 29.9 Å². The molecule has 3 heterocycles. The standard InChI is InChI=1S/C21H23ClN6OS/c1-15-7-8-16(13-17(15)22)28-18(14-30-21-23-9-6-10-24-21)19(25-26-28)20(29)27-11-4-2-3-5-12-27/h6-10,13H,2-5,11-12,14H2,1H3. The molecule has 1 aliphatic heterocycles. The third-order valence-corrected chi connectivity index (χ3v) is 6.43. The first-order valence-corrected chi connectivity index (χ1v) is 11.4. The van der Waals surface area contributed by atoms with Gasteiger partial charge in [-0.05, 0) is 43.5 Å². The molecule has 0 bridgehead atoms. The highest BCUT2D eigenvalue weighted by Crippen LogP contribution is 2.26. The lowest BCUT2D eigenvalue weighted by molar-refractivity contribution is 0.0755. The molecule has 1 saturated heterocycles. The van der Waals surface area contributed by atoms with Crippen molar-refractivity contribution in [3.05, 3.63) is 58.6 Å². The Morgan fingerprint density at radius 1 is 1.13 bits per heavy atom. The fourth-order valence-corrected chi connectivity index (χ4v) is 4.40. The van der Waals surface area contributed by atoms with Gasteiger partial charge in [-0.3, -0.25) is 4.79 Å². The Morgan fingerprint density at radius 3 is 2.57 bits per heavy atom. The molecule has 156 valence electrons. The molecule has 0 N–H and O–H groups in total. The summed E-state index contributed by atoms with van der Waals surface area (Å²) >= 11 is 7.79. The van der Waals surface area contributed by atoms with Gasteiger partial charge >= 0.3 is 0 Å². The van der Waals surface area contributed by atoms with E-state index in [4.69, 9.17) is 11.6 Å². The Hall–Kier alpha value is -2.45. The van der Waals surface area contributed by atoms with E-state index < -0.39 is 0 Å². The maximum Gasteiger partial charge on any atom is 0.276 e. The number of carbonyl (C=O) groups excluding carboxylic acids is 1. The van der Waals surface area contributed by atoms with Crippen molar-refractivity contribution >= 4 is 29.3 Å². The number of rotatable bonds is 5. The molecule has 3 aromatic rings. The molecule has 30 heavy (non-hydrogen) atoms. The fraction of sp³-hybridized carbons (Fsp3) is 0.381. The number of amides is 1. The molecule has 0 spiro atoms. The third kappa shape index (κ3) is 4.65. The van der Waals surface area contributed by atoms with Crippen molar-refractivity contribution in [3.63, 3.8) is 0 Å². The van der Waals surface area contributed by atoms with Crippen molar-refractivity contribution in [1.29, 1.82) is 0 Å². The summed E-state index contributed by atoms with van der Waals surface area (Å²) in [5.74, 6) is 0.406. The van der Waals surface area contributed by atoms with Crippen LogP contribution in [0.1, 0.15) is 47.4 Å². The summed E-state index contributed by atoms with van der Waals surface area (Å²) in [6.45, 7) is 3.47. The maximum absolute atomic E-state index is 13.3. The number of likely N-dealkylation sites (tertiary alicyclic amines) is 1. The van der Waals surface area contributed by atoms with Crippen molar-refractivity contribution < 1.29 is 4.79 Å². The zero-order valence-electron chi connectivity index (χ0n) is 16.8. The van der Waals surface area contributed by atoms with E-state index in [2.05, 4.69) is 20.3 Å². The summed E-state index contributed by atoms with van der Waals surface area (Å²) < 4.78 is 1.70. The first kappa shape index (κ1) is 20.8. The Morgan fingerprint density at radius 2 is 1.87 bits per heavy atom. The second kappa shape index (κ2) is 9.57. The van der Waals surface area contributed by atoms with Crippen LogP contribution in [0.5, 0.6) is 0 Å². The first-order valence-electron chi connectivity index (χ1n) is 10.0. The first-order chi connectivity index (χ1) is 14.6. The molecule has 1 aromatic carbocycles. The zero-order chi connectivity index (χ0) is 20.9. The van der Waals surface area contributed by atoms with E-state index in [0.717, 1.165) is 55.7 Å². The van der Waals surface area contributed by atoms with Crippen molar-refractivity contribution in [2.75, 3.05) is 13.1 Å². The second-order valence-corrected chi connectivity index (χ2v) is 8.61. The number of halogens is 1. The van der Waals surface area contributed by atoms with Crippen LogP contribution in [0.3, 0.4) is 0 Å². The number of benzene rings is 1. The van der Waals surface area contributed by atoms with E-state index in [-0.39, 0.29) is 5.91 Å². The smallest absolute Gasteiger partial charge is 0.276 e. The van der Waals surface area contributed by atoms with Crippen LogP contribution >= 0.6 is 23.4 Å². The normalized spacial score (nSPS) is 14.5. The van der Waals surface area contributed by atoms with Crippen LogP contribution in [0, 0.1) is 6.92 Å². The summed E-state index contributed by atoms with van der Waals surface area (Å²) in [5, 5.41) is 9.89. The molecule has 0 atom stereocenters. The Kier molecular flexibility index (Phi) is 6.64. The molecular formula is C21H23ClN6OS. The number of nitrogens with zero attached hydrogens (tertiary/aromatic N) is 6. The lowest BCUT2D eigenvalue weighted by Crippen LogP contribution is -2.32. The molecule has 7 nitrogen and oxygen atoms in total. The van der Waals surface area contributed by atoms with Gasteiger partial charge in [0.25, 0.3) is 5.91 Å². The molecule has 1 fully saturated rings. The SMILES string of the molecule is Cc1ccc(-n2nnc(C(=O)N3CCCCCC3)c2CSc2ncccn2)cc1Cl. The van der Waals surface area contributed by atoms with Gasteiger partial charge in [0.15, 0.2) is 10.9 Å². The predicted octanol–water partition coefficient (Wildman–Crippen LogP) is 4.33. The summed E-state index contributed by atoms with van der Waals surface area (Å²) in [4.78, 5) is 23.7. The molecule has 0 unspecified atom stereocenters. The third-order valence-electron chi connectivity index (χ3n) is 5.14. The minimum atomic E-state index is -0.0639. The predicted molar refractivity (Wildman–Crippen MR) is 117 cm³/mol. The number of aryl methyl sites for hydroxylation is 1. The second-order valence-electron chi connectivity index (χ2n) is 7.26. The van der Waals surface area contributed by atoms with Gasteiger partial charge in [0.2, 0.25) is 0 Å². The highest BCUT2D eigenvalue weighted by Gasteiger charge is 2.26. The van der Waals surface area contributed by atoms with Crippen LogP contribution in [0.25, 0.3) is 5.69 Å². The molecule has 9 heteroatoms. The van der Waals surface area contributed by atoms with Gasteiger partial charge in [-0.2, -0.15) is 0 Å². The van der Waals surface area contributed by atoms with Crippen LogP contribution in [-0.2, 0) is 5.75 Å². The van der Waals surface area contributed by atoms with Crippen LogP contribution in [-0.4, -0.2) is 48.9 Å². The molecule has 0 radical (unpaired) electrons. The van der Waals surface area contributed by atoms with Gasteiger partial charge in [0, 0.05) is 36.3 Å². The van der Waals surface area contributed by atoms with E-state index in [0.29, 0.717) is 21.6 Å². The molecule has 1 aliphatic rings. The van der Waals surface area contributed by atoms with Crippen molar-refractivity contribution in [2.24, 2.45) is 0 Å². The van der Waals surface area contributed by atoms with Crippen LogP contribution in [0.15, 0.2) is 41.8 Å². The summed E-state index contributed by atoms with van der Waals surface area (Å²) in [6.07, 6.45) is 7.77. The number of thioether (sulfide) groups is 1. The van der Waals surface area contributed by atoms with E-state index in [9.17, 15) is 4.79 Å². The minimum Gasteiger partial charge on any atom is -0.337 e. The zero-order valence-corrected chi connectivity index (χ0v) is 18.4. The highest BCUT2D eigenvalue weighted by molar-refractivity contribution is 7.98. The van der Waals surface area contributed by atoms with Crippen LogP contribution in [0.2, 0.25) is 5.02 Å². The molecule has 0 aliphatic carbocycles. The number of hydrogen-bond acceptors (Lipinski definition) is 6. The Labute approximate surface area is 184 Å². The number of hydrogen-bond donors (Lipinski definition) is 0. The lowest BCUT2D eigenvalue weighted by atomic mass is 10.2. The largest absolute Gasteiger partial charge is 0.337 e. The van der Waals surface area contributed by atoms with E-state index in [1.807, 2.05) is 30.0 Å². The van der Waals surface area contributed by atoms with Gasteiger partial charge in [0.05, 0.1) is 11.4 Å². The van der Waals surface area contributed by atoms with Gasteiger partial charge in [0.1, 0.15) is 0 Å². The van der Waals surface area contributed by atoms with Gasteiger partial charge < -0.3 is 4.90 Å². The van der Waals surface area contributed by atoms with Gasteiger partial charge in [-0.15, -0.1) is 5.10 Å². The molecule has 2 aromatic heterocycles. The Bertz CT molecular complexity index is 1020. The molecule has 4 rings (SSSR count). The topological polar surface area (TPSA) is 76.8 Å². The monoisotopic (exact) mass is 442 g/mol. The van der Waals surface area contributed by atoms with E-state index >= 15 is 0 Å². The maximum atomic E-state index is 13.3. The summed E-state index contributed by atoms with van der Waals surface area (Å²) in [7, 11) is 0. The summed E-state index contributed by atoms with van der Waals surface area (Å²) in [6, 6.07) is 7.49. The summed E-state index contributed by atoms with van der Waals surface area (Å²) in [5.41, 5.74) is 2.87. The molecule has 1 amide bonds. The molecular weight excluding hydrogens is 420 g/mol. The van der Waals surface area contributed by atoms with Gasteiger partial charge in [-0.25, -0.2) is 14.6 Å². The fourth-order valence-electron chi connectivity index (χ4n) is 3.43. The quantitative estimate of drug-likeness (QED) is 0.432. The van der Waals surface area contributed by atoms with Crippen LogP contribution in [0.4, 0.5) is 0 Å². The van der Waals surface area contributed by atoms with E-state index in [1.54, 1.807) is 23.1 Å². The van der Waals surface area contributed by atoms with Gasteiger partial charge in [-0.1, -0.05) is 47.5 Å². The van der Waals surface area contributed by atoms with Crippen molar-refractivity contribution in [2.45, 2.75) is 43.5 Å². The lowest BCUT2D eigenvalue weighted by Gasteiger charge is -2.19. The van der Waals surface area contributed by atoms with E-state index in [1.165, 1.54) is 11.8 Å². The number of aromatic nitrogens is 5. The average Bonchev–Trinajstić information content (AvgIpc) is 2.99. The van der Waals surface area contributed by atoms with Crippen molar-refractivity contribution in [3.8, 4) is 5.69 Å². The highest BCUT2D eigenvalue weighted by atomic mass is 35.5. The molecule has 0 saturated carbocycles. The van der Waals surface area contributed by atoms with Crippen LogP contribution < -0.4 is 0 Å². The Balaban J connectivity index is 1.68. The number of carbonyl (C=O) groups is 1. The minimum absolute atomic E-state index is 0.0639.